The molecule has 0 bridgehead atoms. The first-order valence-corrected chi connectivity index (χ1v) is 4.43. The standard InChI is InChI=1S/C9H12ClNO2/c1-3-6-7(5-12)9(13-2)11-4-8(6)10/h4,12H,3,5H2,1-2H3. The quantitative estimate of drug-likeness (QED) is 0.811. The van der Waals surface area contributed by atoms with Crippen LogP contribution in [0.25, 0.3) is 0 Å². The normalized spacial score (nSPS) is 10.2. The molecule has 0 aliphatic carbocycles. The fourth-order valence-corrected chi connectivity index (χ4v) is 1.56. The van der Waals surface area contributed by atoms with Gasteiger partial charge in [0.25, 0.3) is 0 Å². The molecule has 1 aromatic heterocycles. The van der Waals surface area contributed by atoms with Gasteiger partial charge in [0.1, 0.15) is 0 Å². The Labute approximate surface area is 82.3 Å². The van der Waals surface area contributed by atoms with Gasteiger partial charge in [0.2, 0.25) is 5.88 Å². The van der Waals surface area contributed by atoms with Crippen molar-refractivity contribution >= 4 is 11.6 Å². The lowest BCUT2D eigenvalue weighted by Crippen LogP contribution is -2.00. The average Bonchev–Trinajstić information content (AvgIpc) is 2.17. The zero-order valence-corrected chi connectivity index (χ0v) is 8.43. The van der Waals surface area contributed by atoms with Crippen molar-refractivity contribution in [2.24, 2.45) is 0 Å². The van der Waals surface area contributed by atoms with Crippen LogP contribution in [0.15, 0.2) is 6.20 Å². The minimum atomic E-state index is -0.0973. The molecule has 1 aromatic rings. The van der Waals surface area contributed by atoms with E-state index in [2.05, 4.69) is 4.98 Å². The van der Waals surface area contributed by atoms with Crippen molar-refractivity contribution in [1.82, 2.24) is 4.98 Å². The molecule has 0 aliphatic heterocycles. The molecular weight excluding hydrogens is 190 g/mol. The lowest BCUT2D eigenvalue weighted by Gasteiger charge is -2.10. The van der Waals surface area contributed by atoms with Crippen LogP contribution in [0.4, 0.5) is 0 Å². The number of aliphatic hydroxyl groups excluding tert-OH is 1. The second-order valence-electron chi connectivity index (χ2n) is 2.58. The van der Waals surface area contributed by atoms with E-state index in [4.69, 9.17) is 21.4 Å². The van der Waals surface area contributed by atoms with Crippen molar-refractivity contribution in [3.05, 3.63) is 22.3 Å². The molecule has 0 atom stereocenters. The van der Waals surface area contributed by atoms with Gasteiger partial charge in [-0.3, -0.25) is 0 Å². The summed E-state index contributed by atoms with van der Waals surface area (Å²) in [5, 5.41) is 9.68. The van der Waals surface area contributed by atoms with Gasteiger partial charge in [-0.05, 0) is 12.0 Å². The lowest BCUT2D eigenvalue weighted by molar-refractivity contribution is 0.270. The van der Waals surface area contributed by atoms with Gasteiger partial charge in [0.15, 0.2) is 0 Å². The molecule has 0 saturated heterocycles. The predicted octanol–water partition coefficient (Wildman–Crippen LogP) is 1.80. The van der Waals surface area contributed by atoms with Gasteiger partial charge in [0.05, 0.1) is 18.7 Å². The highest BCUT2D eigenvalue weighted by Gasteiger charge is 2.11. The number of halogens is 1. The summed E-state index contributed by atoms with van der Waals surface area (Å²) in [5.41, 5.74) is 1.58. The maximum atomic E-state index is 9.11. The molecule has 4 heteroatoms. The van der Waals surface area contributed by atoms with Crippen molar-refractivity contribution in [2.45, 2.75) is 20.0 Å². The van der Waals surface area contributed by atoms with E-state index in [0.717, 1.165) is 12.0 Å². The second-order valence-corrected chi connectivity index (χ2v) is 2.99. The molecule has 3 nitrogen and oxygen atoms in total. The van der Waals surface area contributed by atoms with Crippen LogP contribution in [0.1, 0.15) is 18.1 Å². The minimum Gasteiger partial charge on any atom is -0.481 e. The zero-order chi connectivity index (χ0) is 9.84. The van der Waals surface area contributed by atoms with E-state index in [0.29, 0.717) is 16.5 Å². The third kappa shape index (κ3) is 1.92. The molecule has 0 fully saturated rings. The molecule has 13 heavy (non-hydrogen) atoms. The van der Waals surface area contributed by atoms with E-state index >= 15 is 0 Å². The molecule has 0 radical (unpaired) electrons. The van der Waals surface area contributed by atoms with Gasteiger partial charge < -0.3 is 9.84 Å². The smallest absolute Gasteiger partial charge is 0.218 e. The number of pyridine rings is 1. The van der Waals surface area contributed by atoms with E-state index < -0.39 is 0 Å². The van der Waals surface area contributed by atoms with Crippen LogP contribution in [-0.4, -0.2) is 17.2 Å². The second kappa shape index (κ2) is 4.44. The summed E-state index contributed by atoms with van der Waals surface area (Å²) in [7, 11) is 1.52. The highest BCUT2D eigenvalue weighted by molar-refractivity contribution is 6.31. The zero-order valence-electron chi connectivity index (χ0n) is 7.67. The third-order valence-electron chi connectivity index (χ3n) is 1.91. The maximum absolute atomic E-state index is 9.11. The molecule has 0 amide bonds. The van der Waals surface area contributed by atoms with Crippen LogP contribution in [0.2, 0.25) is 5.02 Å². The van der Waals surface area contributed by atoms with Crippen LogP contribution in [-0.2, 0) is 13.0 Å². The van der Waals surface area contributed by atoms with Crippen molar-refractivity contribution in [3.8, 4) is 5.88 Å². The highest BCUT2D eigenvalue weighted by atomic mass is 35.5. The van der Waals surface area contributed by atoms with Crippen LogP contribution < -0.4 is 4.74 Å². The number of hydrogen-bond donors (Lipinski definition) is 1. The fourth-order valence-electron chi connectivity index (χ4n) is 1.27. The summed E-state index contributed by atoms with van der Waals surface area (Å²) in [4.78, 5) is 3.96. The van der Waals surface area contributed by atoms with Crippen LogP contribution in [0.3, 0.4) is 0 Å². The Balaban J connectivity index is 3.27. The molecule has 0 spiro atoms. The van der Waals surface area contributed by atoms with Gasteiger partial charge in [-0.15, -0.1) is 0 Å². The van der Waals surface area contributed by atoms with Crippen molar-refractivity contribution in [3.63, 3.8) is 0 Å². The largest absolute Gasteiger partial charge is 0.481 e. The van der Waals surface area contributed by atoms with E-state index in [1.54, 1.807) is 6.20 Å². The van der Waals surface area contributed by atoms with Crippen LogP contribution in [0.5, 0.6) is 5.88 Å². The number of hydrogen-bond acceptors (Lipinski definition) is 3. The van der Waals surface area contributed by atoms with E-state index in [-0.39, 0.29) is 6.61 Å². The highest BCUT2D eigenvalue weighted by Crippen LogP contribution is 2.26. The summed E-state index contributed by atoms with van der Waals surface area (Å²) in [5.74, 6) is 0.448. The molecule has 72 valence electrons. The first-order valence-electron chi connectivity index (χ1n) is 4.05. The predicted molar refractivity (Wildman–Crippen MR) is 51.1 cm³/mol. The Bertz CT molecular complexity index is 302. The molecule has 1 heterocycles. The summed E-state index contributed by atoms with van der Waals surface area (Å²) in [6.07, 6.45) is 2.30. The van der Waals surface area contributed by atoms with E-state index in [9.17, 15) is 0 Å². The molecule has 0 unspecified atom stereocenters. The number of aliphatic hydroxyl groups is 1. The van der Waals surface area contributed by atoms with Crippen molar-refractivity contribution in [1.29, 1.82) is 0 Å². The monoisotopic (exact) mass is 201 g/mol. The van der Waals surface area contributed by atoms with Gasteiger partial charge in [0, 0.05) is 11.8 Å². The molecular formula is C9H12ClNO2. The molecule has 0 aliphatic rings. The number of rotatable bonds is 3. The van der Waals surface area contributed by atoms with Gasteiger partial charge in [-0.25, -0.2) is 4.98 Å². The van der Waals surface area contributed by atoms with Crippen LogP contribution in [0, 0.1) is 0 Å². The Morgan fingerprint density at radius 1 is 1.54 bits per heavy atom. The molecule has 1 rings (SSSR count). The summed E-state index contributed by atoms with van der Waals surface area (Å²) >= 11 is 5.91. The molecule has 0 aromatic carbocycles. The van der Waals surface area contributed by atoms with Crippen molar-refractivity contribution < 1.29 is 9.84 Å². The van der Waals surface area contributed by atoms with E-state index in [1.165, 1.54) is 7.11 Å². The van der Waals surface area contributed by atoms with Gasteiger partial charge >= 0.3 is 0 Å². The summed E-state index contributed by atoms with van der Waals surface area (Å²) < 4.78 is 5.00. The molecule has 0 saturated carbocycles. The first kappa shape index (κ1) is 10.3. The first-order chi connectivity index (χ1) is 6.24. The molecule has 1 N–H and O–H groups in total. The fraction of sp³-hybridized carbons (Fsp3) is 0.444. The van der Waals surface area contributed by atoms with Gasteiger partial charge in [-0.2, -0.15) is 0 Å². The Morgan fingerprint density at radius 2 is 2.23 bits per heavy atom. The number of ether oxygens (including phenoxy) is 1. The minimum absolute atomic E-state index is 0.0973. The Morgan fingerprint density at radius 3 is 2.69 bits per heavy atom. The van der Waals surface area contributed by atoms with E-state index in [1.807, 2.05) is 6.92 Å². The maximum Gasteiger partial charge on any atom is 0.218 e. The lowest BCUT2D eigenvalue weighted by atomic mass is 10.1. The Kier molecular flexibility index (Phi) is 3.51. The summed E-state index contributed by atoms with van der Waals surface area (Å²) in [6.45, 7) is 1.87. The number of nitrogens with zero attached hydrogens (tertiary/aromatic N) is 1. The number of aromatic nitrogens is 1. The topological polar surface area (TPSA) is 42.4 Å². The van der Waals surface area contributed by atoms with Crippen LogP contribution >= 0.6 is 11.6 Å². The summed E-state index contributed by atoms with van der Waals surface area (Å²) in [6, 6.07) is 0. The average molecular weight is 202 g/mol. The Hall–Kier alpha value is -0.800. The van der Waals surface area contributed by atoms with Crippen molar-refractivity contribution in [2.75, 3.05) is 7.11 Å². The third-order valence-corrected chi connectivity index (χ3v) is 2.24. The van der Waals surface area contributed by atoms with Gasteiger partial charge in [-0.1, -0.05) is 18.5 Å². The SMILES string of the molecule is CCc1c(Cl)cnc(OC)c1CO. The number of methoxy groups -OCH3 is 1.